The van der Waals surface area contributed by atoms with Crippen LogP contribution < -0.4 is 0 Å². The third-order valence-electron chi connectivity index (χ3n) is 4.36. The molecular formula is C17H18N2O3. The number of para-hydroxylation sites is 1. The summed E-state index contributed by atoms with van der Waals surface area (Å²) in [5.74, 6) is 0. The molecule has 4 rings (SSSR count). The van der Waals surface area contributed by atoms with Crippen molar-refractivity contribution in [2.75, 3.05) is 0 Å². The number of hydrogen-bond donors (Lipinski definition) is 0. The van der Waals surface area contributed by atoms with E-state index in [1.54, 1.807) is 4.90 Å². The summed E-state index contributed by atoms with van der Waals surface area (Å²) in [6, 6.07) is 7.98. The summed E-state index contributed by atoms with van der Waals surface area (Å²) in [6.07, 6.45) is 0.609. The maximum Gasteiger partial charge on any atom is 0.411 e. The van der Waals surface area contributed by atoms with Crippen LogP contribution in [0.3, 0.4) is 0 Å². The molecule has 0 radical (unpaired) electrons. The van der Waals surface area contributed by atoms with E-state index in [4.69, 9.17) is 4.74 Å². The summed E-state index contributed by atoms with van der Waals surface area (Å²) in [6.45, 7) is 6.31. The van der Waals surface area contributed by atoms with Gasteiger partial charge in [0.15, 0.2) is 6.29 Å². The number of hydrogen-bond acceptors (Lipinski definition) is 3. The molecule has 5 heteroatoms. The zero-order chi connectivity index (χ0) is 15.6. The van der Waals surface area contributed by atoms with Crippen molar-refractivity contribution in [1.29, 1.82) is 0 Å². The van der Waals surface area contributed by atoms with Crippen LogP contribution >= 0.6 is 0 Å². The van der Waals surface area contributed by atoms with Gasteiger partial charge in [-0.2, -0.15) is 0 Å². The number of aromatic nitrogens is 1. The fraction of sp³-hybridized carbons (Fsp3) is 0.412. The van der Waals surface area contributed by atoms with E-state index >= 15 is 0 Å². The lowest BCUT2D eigenvalue weighted by molar-refractivity contribution is 0.0383. The lowest BCUT2D eigenvalue weighted by Gasteiger charge is -2.21. The SMILES string of the molecule is CC(C)(C)OC(=O)N1[C@@H]2c3c(C=O)c4ccccc4n3C[C@@H]21. The molecule has 2 aliphatic rings. The van der Waals surface area contributed by atoms with Crippen molar-refractivity contribution in [3.05, 3.63) is 35.5 Å². The van der Waals surface area contributed by atoms with Crippen LogP contribution in [-0.2, 0) is 11.3 Å². The normalized spacial score (nSPS) is 22.4. The van der Waals surface area contributed by atoms with Gasteiger partial charge in [0, 0.05) is 23.0 Å². The average Bonchev–Trinajstić information content (AvgIpc) is 2.87. The average molecular weight is 298 g/mol. The van der Waals surface area contributed by atoms with Crippen LogP contribution in [0.2, 0.25) is 0 Å². The number of carbonyl (C=O) groups excluding carboxylic acids is 2. The largest absolute Gasteiger partial charge is 0.444 e. The number of nitrogens with zero attached hydrogens (tertiary/aromatic N) is 2. The molecule has 22 heavy (non-hydrogen) atoms. The first-order valence-electron chi connectivity index (χ1n) is 7.50. The predicted octanol–water partition coefficient (Wildman–Crippen LogP) is 3.13. The molecule has 3 heterocycles. The molecule has 0 unspecified atom stereocenters. The van der Waals surface area contributed by atoms with Crippen LogP contribution in [0, 0.1) is 0 Å². The van der Waals surface area contributed by atoms with E-state index in [9.17, 15) is 9.59 Å². The van der Waals surface area contributed by atoms with Gasteiger partial charge >= 0.3 is 6.09 Å². The summed E-state index contributed by atoms with van der Waals surface area (Å²) in [5, 5.41) is 0.960. The Bertz CT molecular complexity index is 800. The van der Waals surface area contributed by atoms with Gasteiger partial charge in [0.1, 0.15) is 5.60 Å². The fourth-order valence-electron chi connectivity index (χ4n) is 3.52. The van der Waals surface area contributed by atoms with Crippen LogP contribution in [0.1, 0.15) is 42.9 Å². The lowest BCUT2D eigenvalue weighted by Crippen LogP contribution is -2.29. The Hall–Kier alpha value is -2.30. The molecule has 2 aromatic rings. The summed E-state index contributed by atoms with van der Waals surface area (Å²) >= 11 is 0. The highest BCUT2D eigenvalue weighted by Gasteiger charge is 2.60. The smallest absolute Gasteiger partial charge is 0.411 e. The maximum atomic E-state index is 12.3. The summed E-state index contributed by atoms with van der Waals surface area (Å²) in [4.78, 5) is 25.6. The Morgan fingerprint density at radius 3 is 2.73 bits per heavy atom. The van der Waals surface area contributed by atoms with Gasteiger partial charge in [0.2, 0.25) is 0 Å². The number of rotatable bonds is 1. The highest BCUT2D eigenvalue weighted by atomic mass is 16.6. The van der Waals surface area contributed by atoms with Gasteiger partial charge in [-0.15, -0.1) is 0 Å². The Morgan fingerprint density at radius 2 is 2.05 bits per heavy atom. The molecule has 1 fully saturated rings. The highest BCUT2D eigenvalue weighted by molar-refractivity contribution is 6.00. The number of ether oxygens (including phenoxy) is 1. The van der Waals surface area contributed by atoms with Crippen LogP contribution in [0.25, 0.3) is 10.9 Å². The zero-order valence-electron chi connectivity index (χ0n) is 12.9. The minimum Gasteiger partial charge on any atom is -0.444 e. The van der Waals surface area contributed by atoms with Gasteiger partial charge in [-0.05, 0) is 26.8 Å². The van der Waals surface area contributed by atoms with E-state index in [0.29, 0.717) is 5.56 Å². The highest BCUT2D eigenvalue weighted by Crippen LogP contribution is 2.53. The summed E-state index contributed by atoms with van der Waals surface area (Å²) in [7, 11) is 0. The quantitative estimate of drug-likeness (QED) is 0.600. The minimum atomic E-state index is -0.506. The standard InChI is InChI=1S/C17H18N2O3/c1-17(2,3)22-16(21)19-13-8-18-12-7-5-4-6-10(12)11(9-20)14(18)15(13)19/h4-7,9,13,15H,8H2,1-3H3/t13-,15-,19?/m0/s1. The first kappa shape index (κ1) is 13.4. The lowest BCUT2D eigenvalue weighted by atomic mass is 10.1. The molecule has 0 bridgehead atoms. The second kappa shape index (κ2) is 4.12. The van der Waals surface area contributed by atoms with Gasteiger partial charge < -0.3 is 9.30 Å². The molecule has 1 amide bonds. The minimum absolute atomic E-state index is 0.0255. The topological polar surface area (TPSA) is 51.3 Å². The molecule has 114 valence electrons. The monoisotopic (exact) mass is 298 g/mol. The molecule has 5 nitrogen and oxygen atoms in total. The molecular weight excluding hydrogens is 280 g/mol. The van der Waals surface area contributed by atoms with Crippen molar-refractivity contribution >= 4 is 23.3 Å². The predicted molar refractivity (Wildman–Crippen MR) is 81.9 cm³/mol. The number of carbonyl (C=O) groups is 2. The van der Waals surface area contributed by atoms with Crippen molar-refractivity contribution in [3.63, 3.8) is 0 Å². The second-order valence-corrected chi connectivity index (χ2v) is 6.94. The second-order valence-electron chi connectivity index (χ2n) is 6.94. The van der Waals surface area contributed by atoms with Crippen molar-refractivity contribution in [1.82, 2.24) is 9.47 Å². The van der Waals surface area contributed by atoms with Crippen molar-refractivity contribution in [2.24, 2.45) is 0 Å². The van der Waals surface area contributed by atoms with E-state index < -0.39 is 5.60 Å². The van der Waals surface area contributed by atoms with Gasteiger partial charge in [-0.3, -0.25) is 9.69 Å². The molecule has 0 aliphatic carbocycles. The molecule has 0 spiro atoms. The van der Waals surface area contributed by atoms with E-state index in [0.717, 1.165) is 29.4 Å². The van der Waals surface area contributed by atoms with E-state index in [1.165, 1.54) is 0 Å². The van der Waals surface area contributed by atoms with E-state index in [1.807, 2.05) is 45.0 Å². The molecule has 1 aromatic heterocycles. The number of aldehydes is 1. The van der Waals surface area contributed by atoms with Gasteiger partial charge in [-0.25, -0.2) is 4.79 Å². The Morgan fingerprint density at radius 1 is 1.32 bits per heavy atom. The summed E-state index contributed by atoms with van der Waals surface area (Å²) in [5.41, 5.74) is 2.21. The molecule has 0 N–H and O–H groups in total. The molecule has 2 aliphatic heterocycles. The van der Waals surface area contributed by atoms with Crippen molar-refractivity contribution in [2.45, 2.75) is 45.0 Å². The van der Waals surface area contributed by atoms with Gasteiger partial charge in [0.05, 0.1) is 17.8 Å². The molecule has 0 saturated carbocycles. The van der Waals surface area contributed by atoms with Crippen LogP contribution in [0.5, 0.6) is 0 Å². The van der Waals surface area contributed by atoms with Crippen LogP contribution in [0.4, 0.5) is 4.79 Å². The molecule has 1 aromatic carbocycles. The fourth-order valence-corrected chi connectivity index (χ4v) is 3.52. The first-order valence-corrected chi connectivity index (χ1v) is 7.50. The number of fused-ring (bicyclic) bond motifs is 5. The number of amides is 1. The Balaban J connectivity index is 1.72. The molecule has 2 atom stereocenters. The zero-order valence-corrected chi connectivity index (χ0v) is 12.9. The Labute approximate surface area is 128 Å². The summed E-state index contributed by atoms with van der Waals surface area (Å²) < 4.78 is 7.61. The van der Waals surface area contributed by atoms with Gasteiger partial charge in [-0.1, -0.05) is 18.2 Å². The van der Waals surface area contributed by atoms with E-state index in [2.05, 4.69) is 4.57 Å². The molecule has 1 saturated heterocycles. The van der Waals surface area contributed by atoms with Crippen molar-refractivity contribution in [3.8, 4) is 0 Å². The van der Waals surface area contributed by atoms with Crippen LogP contribution in [0.15, 0.2) is 24.3 Å². The van der Waals surface area contributed by atoms with Gasteiger partial charge in [0.25, 0.3) is 0 Å². The van der Waals surface area contributed by atoms with E-state index in [-0.39, 0.29) is 18.2 Å². The maximum absolute atomic E-state index is 12.3. The first-order chi connectivity index (χ1) is 10.4. The third-order valence-corrected chi connectivity index (χ3v) is 4.36. The number of benzene rings is 1. The third kappa shape index (κ3) is 1.71. The van der Waals surface area contributed by atoms with Crippen LogP contribution in [-0.4, -0.2) is 33.5 Å². The van der Waals surface area contributed by atoms with Crippen molar-refractivity contribution < 1.29 is 14.3 Å². The Kier molecular flexibility index (Phi) is 2.50.